The molecule has 4 N–H and O–H groups in total. The molecule has 0 aliphatic carbocycles. The summed E-state index contributed by atoms with van der Waals surface area (Å²) in [4.78, 5) is 5.77. The summed E-state index contributed by atoms with van der Waals surface area (Å²) in [6.07, 6.45) is -3.70. The summed E-state index contributed by atoms with van der Waals surface area (Å²) < 4.78 is 5.68. The zero-order valence-corrected chi connectivity index (χ0v) is 12.8. The summed E-state index contributed by atoms with van der Waals surface area (Å²) in [7, 11) is 1.84. The molecule has 0 aromatic heterocycles. The molecule has 3 saturated heterocycles. The van der Waals surface area contributed by atoms with Crippen LogP contribution in [0.25, 0.3) is 0 Å². The number of hydrogen-bond donors (Lipinski definition) is 4. The lowest BCUT2D eigenvalue weighted by molar-refractivity contribution is -1.09. The van der Waals surface area contributed by atoms with E-state index in [0.29, 0.717) is 13.0 Å². The van der Waals surface area contributed by atoms with E-state index in [-0.39, 0.29) is 41.3 Å². The summed E-state index contributed by atoms with van der Waals surface area (Å²) in [6, 6.07) is -0.292. The van der Waals surface area contributed by atoms with Crippen LogP contribution in [0.5, 0.6) is 0 Å². The molecule has 3 rings (SSSR count). The smallest absolute Gasteiger partial charge is 0.227 e. The van der Waals surface area contributed by atoms with Gasteiger partial charge in [-0.3, -0.25) is 0 Å². The van der Waals surface area contributed by atoms with E-state index in [1.165, 1.54) is 0 Å². The van der Waals surface area contributed by atoms with Crippen LogP contribution in [0.3, 0.4) is 0 Å². The number of fused-ring (bicyclic) bond motifs is 3. The first-order chi connectivity index (χ1) is 8.48. The largest absolute Gasteiger partial charge is 1.00 e. The van der Waals surface area contributed by atoms with Gasteiger partial charge in [-0.1, -0.05) is 0 Å². The highest BCUT2D eigenvalue weighted by molar-refractivity contribution is 4.97. The number of quaternary nitrogens is 1. The van der Waals surface area contributed by atoms with Crippen LogP contribution in [0.15, 0.2) is 0 Å². The fourth-order valence-corrected chi connectivity index (χ4v) is 3.61. The van der Waals surface area contributed by atoms with Crippen molar-refractivity contribution in [3.05, 3.63) is 0 Å². The lowest BCUT2D eigenvalue weighted by atomic mass is 9.84. The van der Waals surface area contributed by atoms with Gasteiger partial charge in [-0.05, 0) is 0 Å². The standard InChI is InChI=1S/C11H20NO6.HI/c1-12-3-2-5(14)8(12)7-10(16)9(15)6(4-13)17-11(7)18-12;/h5-11,13-16H,2-4H2,1H3;1H/q+1;/p-1/t5-,6+,7+,8-,9+,10+,11+,12?;/m0./s1. The zero-order chi connectivity index (χ0) is 13.1. The van der Waals surface area contributed by atoms with Crippen molar-refractivity contribution >= 4 is 0 Å². The van der Waals surface area contributed by atoms with Gasteiger partial charge in [0.15, 0.2) is 6.04 Å². The number of hydroxylamine groups is 3. The Kier molecular flexibility index (Phi) is 4.45. The maximum absolute atomic E-state index is 10.2. The van der Waals surface area contributed by atoms with Crippen molar-refractivity contribution < 1.29 is 58.6 Å². The van der Waals surface area contributed by atoms with Gasteiger partial charge in [0.1, 0.15) is 30.8 Å². The molecule has 3 aliphatic heterocycles. The van der Waals surface area contributed by atoms with Crippen LogP contribution in [0, 0.1) is 5.92 Å². The van der Waals surface area contributed by atoms with E-state index in [0.717, 1.165) is 0 Å². The predicted molar refractivity (Wildman–Crippen MR) is 57.8 cm³/mol. The normalized spacial score (nSPS) is 56.4. The SMILES string of the molecule is C[N+]12CC[C@H](O)[C@H]1[C@H]1[C@H](O[C@H](CO)[C@@H](O)[C@@H]1O)O2.[I-]. The third kappa shape index (κ3) is 2.22. The molecule has 0 saturated carbocycles. The second-order valence-corrected chi connectivity index (χ2v) is 5.63. The second kappa shape index (κ2) is 5.34. The Bertz CT molecular complexity index is 347. The molecular weight excluding hydrogens is 369 g/mol. The number of halogens is 1. The van der Waals surface area contributed by atoms with Crippen molar-refractivity contribution in [2.24, 2.45) is 5.92 Å². The minimum Gasteiger partial charge on any atom is -1.00 e. The summed E-state index contributed by atoms with van der Waals surface area (Å²) >= 11 is 0. The van der Waals surface area contributed by atoms with Crippen molar-refractivity contribution in [1.29, 1.82) is 0 Å². The Morgan fingerprint density at radius 3 is 2.53 bits per heavy atom. The average Bonchev–Trinajstić information content (AvgIpc) is 2.78. The Morgan fingerprint density at radius 2 is 1.89 bits per heavy atom. The molecule has 112 valence electrons. The topological polar surface area (TPSA) is 99.4 Å². The van der Waals surface area contributed by atoms with E-state index in [9.17, 15) is 15.3 Å². The molecule has 7 nitrogen and oxygen atoms in total. The van der Waals surface area contributed by atoms with Gasteiger partial charge in [0, 0.05) is 6.42 Å². The number of rotatable bonds is 1. The monoisotopic (exact) mass is 389 g/mol. The molecule has 0 spiro atoms. The molecule has 1 unspecified atom stereocenters. The Morgan fingerprint density at radius 1 is 1.21 bits per heavy atom. The van der Waals surface area contributed by atoms with Crippen LogP contribution in [0.2, 0.25) is 0 Å². The van der Waals surface area contributed by atoms with E-state index in [4.69, 9.17) is 14.7 Å². The molecule has 0 amide bonds. The highest BCUT2D eigenvalue weighted by atomic mass is 127. The number of aliphatic hydroxyl groups excluding tert-OH is 4. The van der Waals surface area contributed by atoms with E-state index < -0.39 is 36.6 Å². The molecular formula is C11H20INO6. The predicted octanol–water partition coefficient (Wildman–Crippen LogP) is -5.43. The first kappa shape index (κ1) is 15.8. The molecule has 0 bridgehead atoms. The number of aliphatic hydroxyl groups is 4. The molecule has 19 heavy (non-hydrogen) atoms. The Labute approximate surface area is 128 Å². The Balaban J connectivity index is 0.00000133. The maximum Gasteiger partial charge on any atom is 0.227 e. The van der Waals surface area contributed by atoms with Gasteiger partial charge >= 0.3 is 0 Å². The van der Waals surface area contributed by atoms with E-state index in [1.54, 1.807) is 0 Å². The van der Waals surface area contributed by atoms with Gasteiger partial charge in [0.2, 0.25) is 6.29 Å². The maximum atomic E-state index is 10.2. The first-order valence-electron chi connectivity index (χ1n) is 6.32. The molecule has 8 atom stereocenters. The molecule has 0 radical (unpaired) electrons. The number of likely N-dealkylation sites (N-methyl/N-ethyl adjacent to an activating group) is 1. The van der Waals surface area contributed by atoms with Gasteiger partial charge in [0.25, 0.3) is 0 Å². The van der Waals surface area contributed by atoms with Crippen molar-refractivity contribution in [2.75, 3.05) is 20.2 Å². The van der Waals surface area contributed by atoms with Crippen molar-refractivity contribution in [3.63, 3.8) is 0 Å². The van der Waals surface area contributed by atoms with Crippen molar-refractivity contribution in [3.8, 4) is 0 Å². The van der Waals surface area contributed by atoms with Crippen LogP contribution >= 0.6 is 0 Å². The van der Waals surface area contributed by atoms with Crippen molar-refractivity contribution in [2.45, 2.75) is 43.2 Å². The fourth-order valence-electron chi connectivity index (χ4n) is 3.61. The fraction of sp³-hybridized carbons (Fsp3) is 1.00. The Hall–Kier alpha value is 0.450. The minimum absolute atomic E-state index is 0. The first-order valence-corrected chi connectivity index (χ1v) is 6.32. The molecule has 3 aliphatic rings. The molecule has 3 heterocycles. The van der Waals surface area contributed by atoms with Gasteiger partial charge in [0.05, 0.1) is 19.8 Å². The zero-order valence-electron chi connectivity index (χ0n) is 10.6. The average molecular weight is 389 g/mol. The molecule has 8 heteroatoms. The van der Waals surface area contributed by atoms with Crippen LogP contribution in [0.1, 0.15) is 6.42 Å². The van der Waals surface area contributed by atoms with E-state index >= 15 is 0 Å². The number of hydrogen-bond acceptors (Lipinski definition) is 6. The molecule has 0 aromatic rings. The van der Waals surface area contributed by atoms with Gasteiger partial charge in [-0.2, -0.15) is 9.48 Å². The summed E-state index contributed by atoms with van der Waals surface area (Å²) in [5.74, 6) is -0.467. The number of nitrogens with zero attached hydrogens (tertiary/aromatic N) is 1. The van der Waals surface area contributed by atoms with Crippen LogP contribution in [0.4, 0.5) is 0 Å². The van der Waals surface area contributed by atoms with Crippen molar-refractivity contribution in [1.82, 2.24) is 0 Å². The minimum atomic E-state index is -1.15. The number of ether oxygens (including phenoxy) is 1. The van der Waals surface area contributed by atoms with Crippen LogP contribution < -0.4 is 24.0 Å². The lowest BCUT2D eigenvalue weighted by Crippen LogP contribution is -3.00. The lowest BCUT2D eigenvalue weighted by Gasteiger charge is -2.37. The second-order valence-electron chi connectivity index (χ2n) is 5.63. The third-order valence-corrected chi connectivity index (χ3v) is 4.56. The van der Waals surface area contributed by atoms with Gasteiger partial charge < -0.3 is 49.1 Å². The van der Waals surface area contributed by atoms with Gasteiger partial charge in [-0.15, -0.1) is 0 Å². The highest BCUT2D eigenvalue weighted by Crippen LogP contribution is 2.46. The van der Waals surface area contributed by atoms with E-state index in [2.05, 4.69) is 0 Å². The van der Waals surface area contributed by atoms with E-state index in [1.807, 2.05) is 7.05 Å². The summed E-state index contributed by atoms with van der Waals surface area (Å²) in [6.45, 7) is 0.274. The summed E-state index contributed by atoms with van der Waals surface area (Å²) in [5.41, 5.74) is 0. The molecule has 3 fully saturated rings. The quantitative estimate of drug-likeness (QED) is 0.264. The molecule has 0 aromatic carbocycles. The highest BCUT2D eigenvalue weighted by Gasteiger charge is 2.66. The van der Waals surface area contributed by atoms with Gasteiger partial charge in [-0.25, -0.2) is 0 Å². The summed E-state index contributed by atoms with van der Waals surface area (Å²) in [5, 5.41) is 39.2. The van der Waals surface area contributed by atoms with Crippen LogP contribution in [-0.4, -0.2) is 82.0 Å². The third-order valence-electron chi connectivity index (χ3n) is 4.56. The van der Waals surface area contributed by atoms with Crippen LogP contribution in [-0.2, 0) is 9.57 Å².